The predicted octanol–water partition coefficient (Wildman–Crippen LogP) is 3.78. The van der Waals surface area contributed by atoms with Crippen molar-refractivity contribution in [1.29, 1.82) is 0 Å². The van der Waals surface area contributed by atoms with Crippen LogP contribution in [-0.4, -0.2) is 17.4 Å². The van der Waals surface area contributed by atoms with Gasteiger partial charge in [-0.1, -0.05) is 24.8 Å². The molecule has 2 N–H and O–H groups in total. The number of carbonyl (C=O) groups is 2. The van der Waals surface area contributed by atoms with Crippen molar-refractivity contribution in [2.24, 2.45) is 0 Å². The molecule has 0 atom stereocenters. The van der Waals surface area contributed by atoms with Gasteiger partial charge in [0.25, 0.3) is 5.91 Å². The van der Waals surface area contributed by atoms with Crippen LogP contribution >= 0.6 is 0 Å². The third-order valence-corrected chi connectivity index (χ3v) is 3.92. The van der Waals surface area contributed by atoms with Crippen molar-refractivity contribution in [2.45, 2.75) is 25.9 Å². The van der Waals surface area contributed by atoms with Crippen molar-refractivity contribution in [3.05, 3.63) is 66.2 Å². The normalized spacial score (nSPS) is 14.2. The Balaban J connectivity index is 1.80. The fourth-order valence-electron chi connectivity index (χ4n) is 2.84. The fraction of sp³-hybridized carbons (Fsp3) is 0.200. The van der Waals surface area contributed by atoms with Crippen molar-refractivity contribution < 1.29 is 14.3 Å². The van der Waals surface area contributed by atoms with Gasteiger partial charge in [-0.05, 0) is 44.2 Å². The Bertz CT molecular complexity index is 856. The van der Waals surface area contributed by atoms with E-state index in [4.69, 9.17) is 4.74 Å². The third kappa shape index (κ3) is 3.71. The van der Waals surface area contributed by atoms with Gasteiger partial charge in [0.05, 0.1) is 5.69 Å². The molecule has 128 valence electrons. The van der Waals surface area contributed by atoms with E-state index in [9.17, 15) is 9.59 Å². The number of benzene rings is 2. The molecule has 2 aromatic rings. The zero-order valence-corrected chi connectivity index (χ0v) is 14.3. The van der Waals surface area contributed by atoms with Crippen LogP contribution in [0.15, 0.2) is 55.1 Å². The summed E-state index contributed by atoms with van der Waals surface area (Å²) in [6, 6.07) is 12.5. The van der Waals surface area contributed by atoms with E-state index < -0.39 is 0 Å². The first-order chi connectivity index (χ1) is 11.9. The number of nitrogens with one attached hydrogen (secondary N) is 2. The number of hydrogen-bond donors (Lipinski definition) is 2. The topological polar surface area (TPSA) is 67.4 Å². The SMILES string of the molecule is C=CC(=O)Nc1cccc(C(=O)Nc2cccc3c2OC(C)(C)C3)c1. The molecule has 5 nitrogen and oxygen atoms in total. The smallest absolute Gasteiger partial charge is 0.255 e. The molecule has 0 saturated carbocycles. The highest BCUT2D eigenvalue weighted by atomic mass is 16.5. The summed E-state index contributed by atoms with van der Waals surface area (Å²) in [5.41, 5.74) is 2.42. The molecule has 1 heterocycles. The number of para-hydroxylation sites is 1. The van der Waals surface area contributed by atoms with Gasteiger partial charge in [-0.3, -0.25) is 9.59 Å². The zero-order valence-electron chi connectivity index (χ0n) is 14.3. The quantitative estimate of drug-likeness (QED) is 0.835. The van der Waals surface area contributed by atoms with Gasteiger partial charge < -0.3 is 15.4 Å². The fourth-order valence-corrected chi connectivity index (χ4v) is 2.84. The molecule has 0 unspecified atom stereocenters. The van der Waals surface area contributed by atoms with Crippen LogP contribution in [0.5, 0.6) is 5.75 Å². The van der Waals surface area contributed by atoms with Crippen LogP contribution in [0, 0.1) is 0 Å². The second-order valence-corrected chi connectivity index (χ2v) is 6.56. The Kier molecular flexibility index (Phi) is 4.31. The summed E-state index contributed by atoms with van der Waals surface area (Å²) in [4.78, 5) is 24.0. The Labute approximate surface area is 146 Å². The van der Waals surface area contributed by atoms with Crippen LogP contribution in [0.3, 0.4) is 0 Å². The molecule has 0 spiro atoms. The first kappa shape index (κ1) is 16.8. The Hall–Kier alpha value is -3.08. The molecular weight excluding hydrogens is 316 g/mol. The first-order valence-corrected chi connectivity index (χ1v) is 8.04. The highest BCUT2D eigenvalue weighted by molar-refractivity contribution is 6.06. The van der Waals surface area contributed by atoms with Crippen molar-refractivity contribution in [3.8, 4) is 5.75 Å². The lowest BCUT2D eigenvalue weighted by molar-refractivity contribution is -0.111. The number of ether oxygens (including phenoxy) is 1. The standard InChI is InChI=1S/C20H20N2O3/c1-4-17(23)21-15-9-5-7-13(11-15)19(24)22-16-10-6-8-14-12-20(2,3)25-18(14)16/h4-11H,1,12H2,2-3H3,(H,21,23)(H,22,24). The van der Waals surface area contributed by atoms with Gasteiger partial charge in [-0.15, -0.1) is 0 Å². The molecule has 25 heavy (non-hydrogen) atoms. The van der Waals surface area contributed by atoms with E-state index in [1.54, 1.807) is 24.3 Å². The summed E-state index contributed by atoms with van der Waals surface area (Å²) in [6.45, 7) is 7.45. The number of hydrogen-bond acceptors (Lipinski definition) is 3. The summed E-state index contributed by atoms with van der Waals surface area (Å²) in [5.74, 6) is 0.127. The molecule has 0 aliphatic carbocycles. The molecule has 0 saturated heterocycles. The number of rotatable bonds is 4. The molecule has 2 aromatic carbocycles. The molecule has 0 aromatic heterocycles. The maximum absolute atomic E-state index is 12.6. The van der Waals surface area contributed by atoms with E-state index in [0.29, 0.717) is 16.9 Å². The highest BCUT2D eigenvalue weighted by Gasteiger charge is 2.32. The molecule has 3 rings (SSSR count). The largest absolute Gasteiger partial charge is 0.485 e. The van der Waals surface area contributed by atoms with E-state index in [2.05, 4.69) is 17.2 Å². The minimum absolute atomic E-state index is 0.267. The lowest BCUT2D eigenvalue weighted by atomic mass is 10.0. The molecule has 0 bridgehead atoms. The third-order valence-electron chi connectivity index (χ3n) is 3.92. The summed E-state index contributed by atoms with van der Waals surface area (Å²) in [6.07, 6.45) is 1.98. The molecule has 5 heteroatoms. The monoisotopic (exact) mass is 336 g/mol. The van der Waals surface area contributed by atoms with E-state index in [-0.39, 0.29) is 17.4 Å². The van der Waals surface area contributed by atoms with Crippen LogP contribution in [0.1, 0.15) is 29.8 Å². The average molecular weight is 336 g/mol. The molecule has 0 radical (unpaired) electrons. The Morgan fingerprint density at radius 3 is 2.68 bits per heavy atom. The second-order valence-electron chi connectivity index (χ2n) is 6.56. The lowest BCUT2D eigenvalue weighted by Gasteiger charge is -2.18. The maximum Gasteiger partial charge on any atom is 0.255 e. The van der Waals surface area contributed by atoms with Crippen LogP contribution in [0.25, 0.3) is 0 Å². The zero-order chi connectivity index (χ0) is 18.0. The average Bonchev–Trinajstić information content (AvgIpc) is 2.90. The van der Waals surface area contributed by atoms with E-state index in [1.807, 2.05) is 32.0 Å². The minimum atomic E-state index is -0.325. The van der Waals surface area contributed by atoms with E-state index in [1.165, 1.54) is 6.08 Å². The summed E-state index contributed by atoms with van der Waals surface area (Å²) in [7, 11) is 0. The van der Waals surface area contributed by atoms with Crippen molar-refractivity contribution >= 4 is 23.2 Å². The Morgan fingerprint density at radius 2 is 1.92 bits per heavy atom. The Morgan fingerprint density at radius 1 is 1.16 bits per heavy atom. The van der Waals surface area contributed by atoms with Crippen LogP contribution in [-0.2, 0) is 11.2 Å². The molecule has 0 fully saturated rings. The van der Waals surface area contributed by atoms with Gasteiger partial charge in [0.1, 0.15) is 11.4 Å². The van der Waals surface area contributed by atoms with Gasteiger partial charge in [0.15, 0.2) is 0 Å². The number of amides is 2. The molecule has 2 amide bonds. The highest BCUT2D eigenvalue weighted by Crippen LogP contribution is 2.40. The van der Waals surface area contributed by atoms with Gasteiger partial charge in [-0.25, -0.2) is 0 Å². The summed E-state index contributed by atoms with van der Waals surface area (Å²) in [5, 5.41) is 5.54. The van der Waals surface area contributed by atoms with Gasteiger partial charge >= 0.3 is 0 Å². The summed E-state index contributed by atoms with van der Waals surface area (Å²) < 4.78 is 5.97. The van der Waals surface area contributed by atoms with Crippen LogP contribution < -0.4 is 15.4 Å². The second kappa shape index (κ2) is 6.43. The maximum atomic E-state index is 12.6. The van der Waals surface area contributed by atoms with Gasteiger partial charge in [0, 0.05) is 23.2 Å². The van der Waals surface area contributed by atoms with Crippen molar-refractivity contribution in [3.63, 3.8) is 0 Å². The summed E-state index contributed by atoms with van der Waals surface area (Å²) >= 11 is 0. The van der Waals surface area contributed by atoms with E-state index >= 15 is 0 Å². The van der Waals surface area contributed by atoms with Gasteiger partial charge in [-0.2, -0.15) is 0 Å². The van der Waals surface area contributed by atoms with Crippen LogP contribution in [0.2, 0.25) is 0 Å². The molecule has 1 aliphatic rings. The van der Waals surface area contributed by atoms with Crippen molar-refractivity contribution in [1.82, 2.24) is 0 Å². The van der Waals surface area contributed by atoms with Crippen molar-refractivity contribution in [2.75, 3.05) is 10.6 Å². The minimum Gasteiger partial charge on any atom is -0.485 e. The number of fused-ring (bicyclic) bond motifs is 1. The predicted molar refractivity (Wildman–Crippen MR) is 98.1 cm³/mol. The van der Waals surface area contributed by atoms with Crippen LogP contribution in [0.4, 0.5) is 11.4 Å². The first-order valence-electron chi connectivity index (χ1n) is 8.04. The molecular formula is C20H20N2O3. The lowest BCUT2D eigenvalue weighted by Crippen LogP contribution is -2.25. The number of anilines is 2. The van der Waals surface area contributed by atoms with E-state index in [0.717, 1.165) is 17.7 Å². The van der Waals surface area contributed by atoms with Gasteiger partial charge in [0.2, 0.25) is 5.91 Å². The number of carbonyl (C=O) groups excluding carboxylic acids is 2. The molecule has 1 aliphatic heterocycles.